The Hall–Kier alpha value is -12.4. The van der Waals surface area contributed by atoms with E-state index in [1.54, 1.807) is 61.6 Å². The molecule has 8 aromatic rings. The lowest BCUT2D eigenvalue weighted by atomic mass is 10.1. The number of carbonyl (C=O) groups is 11. The molecule has 4 aromatic carbocycles. The number of nitrogens with one attached hydrogen (secondary N) is 7. The molecule has 0 bridgehead atoms. The summed E-state index contributed by atoms with van der Waals surface area (Å²) in [6.07, 6.45) is 15.6. The number of imide groups is 4. The molecule has 9 N–H and O–H groups in total. The van der Waals surface area contributed by atoms with Gasteiger partial charge in [0.1, 0.15) is 54.2 Å². The highest BCUT2D eigenvalue weighted by molar-refractivity contribution is 9.10. The highest BCUT2D eigenvalue weighted by Gasteiger charge is 2.36. The molecule has 11 amide bonds. The summed E-state index contributed by atoms with van der Waals surface area (Å²) in [7, 11) is 6.71. The standard InChI is InChI=1S/C27H40N4O7.C27H36N4O7.C22H32N4O5.C14H25NO4.C13H12BrN3O3/c2*1-27(2,3)38-25(34)28-13-6-15-37-17-7-16-36-14-5-8-19-9-10-20-22(18-19)30(4)26(35)31(20)21-11-12-23(32)29-24(21)33;1-25-19-15-16(5-2-11-30-13-4-14-31-12-3-10-23)6-7-17(19)26(22(25)29)18-8-9-20(27)24-21(18)28;1-5-9-17-11-7-12-18-10-6-8-15-13(16)19-14(2,3)4;1-16-10-6-7(14)2-3-8(10)17(13(16)20)9-4-5-11(18)15-12(9)19/h9-10,18,21H,5-8,11-17H2,1-4H3,(H,28,34)(H,29,32,33);9-10,18,21H,6-7,11-17H2,1-4H3,(H,28,34)(H,29,32,33);6-7,15,18H,2-5,8-14,23H2,1H3,(H,24,27,28);1H,6-12H2,2-4H3,(H,15,16);2-3,6,9H,4-5H2,1H3,(H,15,18,19). The number of aromatic nitrogens is 8. The number of nitrogens with zero attached hydrogens (tertiary/aromatic N) is 8. The first-order valence-corrected chi connectivity index (χ1v) is 50.4. The van der Waals surface area contributed by atoms with Crippen molar-refractivity contribution in [3.8, 4) is 24.2 Å². The van der Waals surface area contributed by atoms with Crippen LogP contribution in [0.25, 0.3) is 44.1 Å². The van der Waals surface area contributed by atoms with Gasteiger partial charge in [-0.2, -0.15) is 0 Å². The van der Waals surface area contributed by atoms with E-state index in [9.17, 15) is 71.9 Å². The maximum absolute atomic E-state index is 12.9. The molecule has 4 aliphatic rings. The van der Waals surface area contributed by atoms with Crippen LogP contribution in [0.1, 0.15) is 219 Å². The van der Waals surface area contributed by atoms with Crippen molar-refractivity contribution in [2.45, 2.75) is 232 Å². The van der Waals surface area contributed by atoms with Crippen LogP contribution in [0.2, 0.25) is 0 Å². The van der Waals surface area contributed by atoms with E-state index in [0.717, 1.165) is 102 Å². The minimum atomic E-state index is -0.716. The van der Waals surface area contributed by atoms with Gasteiger partial charge in [0.15, 0.2) is 0 Å². The number of hydrogen-bond acceptors (Lipinski definition) is 27. The van der Waals surface area contributed by atoms with E-state index in [1.165, 1.54) is 27.4 Å². The molecule has 800 valence electrons. The number of nitrogens with two attached hydrogens (primary N) is 1. The first-order chi connectivity index (χ1) is 69.6. The Balaban J connectivity index is 0.000000228. The largest absolute Gasteiger partial charge is 0.444 e. The van der Waals surface area contributed by atoms with Gasteiger partial charge in [-0.1, -0.05) is 45.8 Å². The zero-order valence-electron chi connectivity index (χ0n) is 86.2. The van der Waals surface area contributed by atoms with Crippen LogP contribution in [0.4, 0.5) is 14.4 Å². The molecule has 4 aliphatic heterocycles. The fraction of sp³-hybridized carbons (Fsp3) is 0.583. The third-order valence-electron chi connectivity index (χ3n) is 22.8. The number of piperidine rings is 4. The van der Waals surface area contributed by atoms with Crippen LogP contribution in [0.3, 0.4) is 0 Å². The molecule has 4 unspecified atom stereocenters. The summed E-state index contributed by atoms with van der Waals surface area (Å²) < 4.78 is 72.2. The van der Waals surface area contributed by atoms with Crippen LogP contribution in [0, 0.1) is 24.2 Å². The zero-order chi connectivity index (χ0) is 107. The van der Waals surface area contributed by atoms with Crippen molar-refractivity contribution in [3.63, 3.8) is 0 Å². The maximum Gasteiger partial charge on any atom is 0.407 e. The van der Waals surface area contributed by atoms with Gasteiger partial charge < -0.3 is 73.8 Å². The number of fused-ring (bicyclic) bond motifs is 4. The second-order valence-corrected chi connectivity index (χ2v) is 39.0. The quantitative estimate of drug-likeness (QED) is 0.00765. The average molecular weight is 2100 g/mol. The number of amides is 11. The van der Waals surface area contributed by atoms with Gasteiger partial charge in [-0.05, 0) is 243 Å². The first-order valence-electron chi connectivity index (χ1n) is 49.6. The van der Waals surface area contributed by atoms with Gasteiger partial charge in [-0.25, -0.2) is 33.6 Å². The fourth-order valence-corrected chi connectivity index (χ4v) is 16.2. The van der Waals surface area contributed by atoms with E-state index in [0.29, 0.717) is 191 Å². The number of ether oxygens (including phenoxy) is 11. The normalized spacial score (nSPS) is 15.9. The topological polar surface area (TPSA) is 507 Å². The third-order valence-corrected chi connectivity index (χ3v) is 23.3. The van der Waals surface area contributed by atoms with E-state index < -0.39 is 82.9 Å². The molecule has 146 heavy (non-hydrogen) atoms. The van der Waals surface area contributed by atoms with Crippen molar-refractivity contribution in [2.24, 2.45) is 33.9 Å². The minimum Gasteiger partial charge on any atom is -0.444 e. The van der Waals surface area contributed by atoms with Gasteiger partial charge in [0.25, 0.3) is 0 Å². The molecule has 43 heteroatoms. The lowest BCUT2D eigenvalue weighted by molar-refractivity contribution is -0.137. The summed E-state index contributed by atoms with van der Waals surface area (Å²) in [5, 5.41) is 17.3. The first kappa shape index (κ1) is 119. The number of hydrogen-bond donors (Lipinski definition) is 8. The predicted molar refractivity (Wildman–Crippen MR) is 550 cm³/mol. The molecule has 0 radical (unpaired) electrons. The molecule has 0 saturated carbocycles. The molecule has 0 spiro atoms. The lowest BCUT2D eigenvalue weighted by Crippen LogP contribution is -2.44. The van der Waals surface area contributed by atoms with Crippen molar-refractivity contribution in [1.82, 2.24) is 73.8 Å². The van der Waals surface area contributed by atoms with E-state index >= 15 is 0 Å². The summed E-state index contributed by atoms with van der Waals surface area (Å²) in [5.74, 6) is 5.46. The molecule has 4 fully saturated rings. The van der Waals surface area contributed by atoms with Gasteiger partial charge in [-0.15, -0.1) is 6.42 Å². The molecular formula is C103H145BrN16O26. The minimum absolute atomic E-state index is 0.197. The second-order valence-electron chi connectivity index (χ2n) is 38.1. The lowest BCUT2D eigenvalue weighted by Gasteiger charge is -2.21. The third kappa shape index (κ3) is 38.8. The number of imidazole rings is 4. The summed E-state index contributed by atoms with van der Waals surface area (Å²) in [6.45, 7) is 27.8. The van der Waals surface area contributed by atoms with Gasteiger partial charge >= 0.3 is 41.0 Å². The molecule has 4 atom stereocenters. The van der Waals surface area contributed by atoms with E-state index in [1.807, 2.05) is 111 Å². The molecule has 42 nitrogen and oxygen atoms in total. The molecule has 4 saturated heterocycles. The number of halogens is 1. The number of benzene rings is 4. The summed E-state index contributed by atoms with van der Waals surface area (Å²) >= 11 is 3.37. The Morgan fingerprint density at radius 1 is 0.363 bits per heavy atom. The Morgan fingerprint density at radius 3 is 0.945 bits per heavy atom. The molecule has 8 heterocycles. The number of alkyl carbamates (subject to hydrolysis) is 3. The van der Waals surface area contributed by atoms with Crippen molar-refractivity contribution in [2.75, 3.05) is 132 Å². The van der Waals surface area contributed by atoms with Crippen LogP contribution in [-0.2, 0) is 131 Å². The van der Waals surface area contributed by atoms with Gasteiger partial charge in [-0.3, -0.25) is 96.2 Å². The molecular weight excluding hydrogens is 1960 g/mol. The van der Waals surface area contributed by atoms with Crippen molar-refractivity contribution >= 4 is 126 Å². The second kappa shape index (κ2) is 60.0. The summed E-state index contributed by atoms with van der Waals surface area (Å²) in [5.41, 5.74) is 11.4. The molecule has 4 aromatic heterocycles. The molecule has 12 rings (SSSR count). The van der Waals surface area contributed by atoms with Crippen molar-refractivity contribution in [1.29, 1.82) is 0 Å². The predicted octanol–water partition coefficient (Wildman–Crippen LogP) is 8.66. The van der Waals surface area contributed by atoms with Crippen molar-refractivity contribution < 1.29 is 105 Å². The van der Waals surface area contributed by atoms with Crippen molar-refractivity contribution in [3.05, 3.63) is 136 Å². The number of aryl methyl sites for hydroxylation is 6. The van der Waals surface area contributed by atoms with Crippen LogP contribution in [-0.4, -0.2) is 251 Å². The smallest absolute Gasteiger partial charge is 0.407 e. The number of terminal acetylenes is 1. The van der Waals surface area contributed by atoms with E-state index in [4.69, 9.17) is 64.3 Å². The van der Waals surface area contributed by atoms with Gasteiger partial charge in [0.2, 0.25) is 47.3 Å². The van der Waals surface area contributed by atoms with Crippen LogP contribution < -0.4 is 65.7 Å². The Morgan fingerprint density at radius 2 is 0.637 bits per heavy atom. The van der Waals surface area contributed by atoms with Crippen LogP contribution >= 0.6 is 15.9 Å². The highest BCUT2D eigenvalue weighted by Crippen LogP contribution is 2.30. The monoisotopic (exact) mass is 2100 g/mol. The highest BCUT2D eigenvalue weighted by atomic mass is 79.9. The van der Waals surface area contributed by atoms with E-state index in [2.05, 4.69) is 70.9 Å². The Kier molecular flexibility index (Phi) is 48.8. The SMILES string of the molecule is C#CCOCCCOCCCNC(=O)OC(C)(C)C.Cn1c(=O)n(C2CCC(=O)NC2=O)c2ccc(Br)cc21.Cn1c(=O)n(C2CCC(=O)NC2=O)c2ccc(C#CCOCCCOCCCNC(=O)OC(C)(C)C)cc21.Cn1c(=O)n(C2CCC(=O)NC2=O)c2ccc(CCCOCCCOCCCN)cc21.Cn1c(=O)n(C2CCC(=O)NC2=O)c2ccc(CCCOCCCOCCCNC(=O)OC(C)(C)C)cc21. The fourth-order valence-electron chi connectivity index (χ4n) is 15.9. The van der Waals surface area contributed by atoms with Crippen LogP contribution in [0.15, 0.2) is 96.4 Å². The Labute approximate surface area is 857 Å². The van der Waals surface area contributed by atoms with Gasteiger partial charge in [0, 0.05) is 163 Å². The summed E-state index contributed by atoms with van der Waals surface area (Å²) in [6, 6.07) is 19.8. The van der Waals surface area contributed by atoms with Crippen LogP contribution in [0.5, 0.6) is 0 Å². The zero-order valence-corrected chi connectivity index (χ0v) is 87.8. The maximum atomic E-state index is 12.9. The summed E-state index contributed by atoms with van der Waals surface area (Å²) in [4.78, 5) is 180. The number of rotatable bonds is 45. The Bertz CT molecular complexity index is 6120. The van der Waals surface area contributed by atoms with E-state index in [-0.39, 0.29) is 78.7 Å². The molecule has 0 aliphatic carbocycles. The number of carbonyl (C=O) groups excluding carboxylic acids is 11. The average Bonchev–Trinajstić information content (AvgIpc) is 1.63. The van der Waals surface area contributed by atoms with Gasteiger partial charge in [0.05, 0.1) is 57.3 Å².